The van der Waals surface area contributed by atoms with Gasteiger partial charge in [0.05, 0.1) is 13.1 Å². The third-order valence-corrected chi connectivity index (χ3v) is 9.46. The van der Waals surface area contributed by atoms with Crippen LogP contribution < -0.4 is 14.5 Å². The fourth-order valence-electron chi connectivity index (χ4n) is 7.28. The molecule has 2 heterocycles. The van der Waals surface area contributed by atoms with Crippen molar-refractivity contribution in [2.24, 2.45) is 0 Å². The Kier molecular flexibility index (Phi) is 10.4. The van der Waals surface area contributed by atoms with Gasteiger partial charge in [-0.1, -0.05) is 36.8 Å². The van der Waals surface area contributed by atoms with E-state index in [1.807, 2.05) is 23.1 Å². The molecule has 250 valence electrons. The highest BCUT2D eigenvalue weighted by Crippen LogP contribution is 2.58. The molecule has 2 N–H and O–H groups in total. The predicted octanol–water partition coefficient (Wildman–Crippen LogP) is 5.87. The maximum absolute atomic E-state index is 14.4. The van der Waals surface area contributed by atoms with Gasteiger partial charge in [-0.15, -0.1) is 0 Å². The fourth-order valence-corrected chi connectivity index (χ4v) is 7.28. The minimum atomic E-state index is -1.06. The zero-order chi connectivity index (χ0) is 33.7. The maximum Gasteiger partial charge on any atom is 0.317 e. The molecule has 47 heavy (non-hydrogen) atoms. The van der Waals surface area contributed by atoms with E-state index in [4.69, 9.17) is 4.74 Å². The van der Waals surface area contributed by atoms with Crippen molar-refractivity contribution in [2.45, 2.75) is 52.5 Å². The molecule has 0 unspecified atom stereocenters. The normalized spacial score (nSPS) is 14.1. The standard InChI is InChI=1S/C37H46N4O6/c1-5-39(6-2)26-16-18-30-32(22-26)47-33-23-27(40(7-3)8-4)17-19-31(33)37(30)29-15-11-10-14-28(29)36(46)41(37)21-13-9-12-20-38(24-34(42)43)25-35(44)45/h10-11,14-19,22-23H,5-9,12-13,20-21,24-25H2,1-4H3,(H,42,43)(H,44,45). The lowest BCUT2D eigenvalue weighted by Gasteiger charge is -2.45. The molecule has 0 atom stereocenters. The van der Waals surface area contributed by atoms with E-state index in [0.717, 1.165) is 65.7 Å². The molecule has 1 amide bonds. The minimum absolute atomic E-state index is 0.0431. The van der Waals surface area contributed by atoms with Gasteiger partial charge in [-0.25, -0.2) is 0 Å². The van der Waals surface area contributed by atoms with Gasteiger partial charge in [0.25, 0.3) is 5.91 Å². The zero-order valence-electron chi connectivity index (χ0n) is 27.9. The average molecular weight is 643 g/mol. The lowest BCUT2D eigenvalue weighted by molar-refractivity contribution is -0.141. The van der Waals surface area contributed by atoms with Gasteiger partial charge in [0.2, 0.25) is 0 Å². The second-order valence-electron chi connectivity index (χ2n) is 12.1. The van der Waals surface area contributed by atoms with Crippen LogP contribution >= 0.6 is 0 Å². The van der Waals surface area contributed by atoms with Gasteiger partial charge < -0.3 is 29.6 Å². The molecule has 0 saturated carbocycles. The number of aliphatic carboxylic acids is 2. The van der Waals surface area contributed by atoms with Crippen LogP contribution in [0.3, 0.4) is 0 Å². The molecule has 5 rings (SSSR count). The number of rotatable bonds is 16. The molecule has 3 aromatic rings. The molecule has 2 aliphatic rings. The number of fused-ring (bicyclic) bond motifs is 6. The van der Waals surface area contributed by atoms with Crippen LogP contribution in [0.2, 0.25) is 0 Å². The van der Waals surface area contributed by atoms with Crippen LogP contribution in [0.15, 0.2) is 60.7 Å². The van der Waals surface area contributed by atoms with Crippen molar-refractivity contribution in [1.82, 2.24) is 9.80 Å². The molecule has 10 nitrogen and oxygen atoms in total. The number of benzene rings is 3. The van der Waals surface area contributed by atoms with Gasteiger partial charge in [-0.2, -0.15) is 0 Å². The zero-order valence-corrected chi connectivity index (χ0v) is 27.9. The van der Waals surface area contributed by atoms with E-state index in [1.54, 1.807) is 0 Å². The van der Waals surface area contributed by atoms with Gasteiger partial charge in [0.1, 0.15) is 17.0 Å². The molecular formula is C37H46N4O6. The van der Waals surface area contributed by atoms with Gasteiger partial charge in [0.15, 0.2) is 0 Å². The Hall–Kier alpha value is -4.57. The molecule has 0 saturated heterocycles. The fraction of sp³-hybridized carbons (Fsp3) is 0.432. The molecular weight excluding hydrogens is 596 g/mol. The van der Waals surface area contributed by atoms with E-state index in [-0.39, 0.29) is 19.0 Å². The SMILES string of the molecule is CCN(CC)c1ccc2c(c1)Oc1cc(N(CC)CC)ccc1C21c2ccccc2C(=O)N1CCCCCN(CC(=O)O)CC(=O)O. The molecule has 0 bridgehead atoms. The van der Waals surface area contributed by atoms with Gasteiger partial charge in [-0.3, -0.25) is 19.3 Å². The number of carboxylic acid groups (broad SMARTS) is 2. The first kappa shape index (κ1) is 33.8. The molecule has 0 aliphatic carbocycles. The van der Waals surface area contributed by atoms with Crippen molar-refractivity contribution >= 4 is 29.2 Å². The average Bonchev–Trinajstić information content (AvgIpc) is 3.29. The summed E-state index contributed by atoms with van der Waals surface area (Å²) < 4.78 is 6.76. The molecule has 0 aromatic heterocycles. The highest BCUT2D eigenvalue weighted by atomic mass is 16.5. The quantitative estimate of drug-likeness (QED) is 0.185. The van der Waals surface area contributed by atoms with E-state index in [9.17, 15) is 24.6 Å². The molecule has 0 fully saturated rings. The van der Waals surface area contributed by atoms with E-state index in [1.165, 1.54) is 4.90 Å². The van der Waals surface area contributed by atoms with E-state index in [0.29, 0.717) is 37.9 Å². The Bertz CT molecular complexity index is 1540. The number of hydrogen-bond donors (Lipinski definition) is 2. The summed E-state index contributed by atoms with van der Waals surface area (Å²) in [5.41, 5.74) is 4.65. The Morgan fingerprint density at radius 2 is 1.26 bits per heavy atom. The summed E-state index contributed by atoms with van der Waals surface area (Å²) in [6, 6.07) is 20.5. The summed E-state index contributed by atoms with van der Waals surface area (Å²) in [5.74, 6) is -0.701. The lowest BCUT2D eigenvalue weighted by atomic mass is 9.74. The van der Waals surface area contributed by atoms with E-state index >= 15 is 0 Å². The van der Waals surface area contributed by atoms with Crippen molar-refractivity contribution in [3.8, 4) is 11.5 Å². The van der Waals surface area contributed by atoms with Crippen LogP contribution in [0.1, 0.15) is 74.0 Å². The summed E-state index contributed by atoms with van der Waals surface area (Å²) >= 11 is 0. The highest BCUT2D eigenvalue weighted by Gasteiger charge is 2.56. The molecule has 10 heteroatoms. The van der Waals surface area contributed by atoms with Crippen LogP contribution in [-0.4, -0.2) is 90.2 Å². The summed E-state index contributed by atoms with van der Waals surface area (Å²) in [7, 11) is 0. The number of carboxylic acids is 2. The van der Waals surface area contributed by atoms with Crippen LogP contribution in [0.4, 0.5) is 11.4 Å². The summed E-state index contributed by atoms with van der Waals surface area (Å²) in [5, 5.41) is 18.4. The number of unbranched alkanes of at least 4 members (excludes halogenated alkanes) is 2. The van der Waals surface area contributed by atoms with Crippen molar-refractivity contribution in [3.05, 3.63) is 82.9 Å². The number of anilines is 2. The minimum Gasteiger partial charge on any atom is -0.480 e. The predicted molar refractivity (Wildman–Crippen MR) is 183 cm³/mol. The third kappa shape index (κ3) is 6.39. The second kappa shape index (κ2) is 14.5. The second-order valence-corrected chi connectivity index (χ2v) is 12.1. The van der Waals surface area contributed by atoms with Crippen molar-refractivity contribution in [3.63, 3.8) is 0 Å². The van der Waals surface area contributed by atoms with E-state index < -0.39 is 17.5 Å². The lowest BCUT2D eigenvalue weighted by Crippen LogP contribution is -2.47. The molecule has 1 spiro atoms. The third-order valence-electron chi connectivity index (χ3n) is 9.46. The monoisotopic (exact) mass is 642 g/mol. The summed E-state index contributed by atoms with van der Waals surface area (Å²) in [6.07, 6.45) is 1.97. The van der Waals surface area contributed by atoms with Crippen molar-refractivity contribution in [2.75, 3.05) is 62.2 Å². The molecule has 0 radical (unpaired) electrons. The number of amides is 1. The van der Waals surface area contributed by atoms with Gasteiger partial charge in [-0.05, 0) is 70.8 Å². The molecule has 3 aromatic carbocycles. The Labute approximate surface area is 277 Å². The Balaban J connectivity index is 1.57. The molecule has 2 aliphatic heterocycles. The number of nitrogens with zero attached hydrogens (tertiary/aromatic N) is 4. The largest absolute Gasteiger partial charge is 0.480 e. The first-order valence-electron chi connectivity index (χ1n) is 16.7. The van der Waals surface area contributed by atoms with Crippen LogP contribution in [-0.2, 0) is 15.1 Å². The van der Waals surface area contributed by atoms with Crippen molar-refractivity contribution < 1.29 is 29.3 Å². The maximum atomic E-state index is 14.4. The number of carbonyl (C=O) groups excluding carboxylic acids is 1. The smallest absolute Gasteiger partial charge is 0.317 e. The first-order chi connectivity index (χ1) is 22.7. The summed E-state index contributed by atoms with van der Waals surface area (Å²) in [6.45, 7) is 12.1. The van der Waals surface area contributed by atoms with Crippen molar-refractivity contribution in [1.29, 1.82) is 0 Å². The van der Waals surface area contributed by atoms with Gasteiger partial charge >= 0.3 is 11.9 Å². The van der Waals surface area contributed by atoms with Crippen LogP contribution in [0.5, 0.6) is 11.5 Å². The van der Waals surface area contributed by atoms with Gasteiger partial charge in [0, 0.05) is 72.9 Å². The number of ether oxygens (including phenoxy) is 1. The topological polar surface area (TPSA) is 114 Å². The number of carbonyl (C=O) groups is 3. The highest BCUT2D eigenvalue weighted by molar-refractivity contribution is 6.02. The van der Waals surface area contributed by atoms with Crippen LogP contribution in [0.25, 0.3) is 0 Å². The summed E-state index contributed by atoms with van der Waals surface area (Å²) in [4.78, 5) is 44.9. The first-order valence-corrected chi connectivity index (χ1v) is 16.7. The Morgan fingerprint density at radius 3 is 1.77 bits per heavy atom. The van der Waals surface area contributed by atoms with E-state index in [2.05, 4.69) is 80.0 Å². The van der Waals surface area contributed by atoms with Crippen LogP contribution in [0, 0.1) is 0 Å². The number of hydrogen-bond acceptors (Lipinski definition) is 7. The Morgan fingerprint density at radius 1 is 0.723 bits per heavy atom.